The van der Waals surface area contributed by atoms with Crippen molar-refractivity contribution in [1.82, 2.24) is 4.98 Å². The minimum absolute atomic E-state index is 0.0344. The number of aliphatic hydroxyl groups excluding tert-OH is 1. The summed E-state index contributed by atoms with van der Waals surface area (Å²) < 4.78 is 56.6. The number of fused-ring (bicyclic) bond motifs is 1. The highest BCUT2D eigenvalue weighted by Gasteiger charge is 2.30. The van der Waals surface area contributed by atoms with Crippen molar-refractivity contribution in [2.24, 2.45) is 5.92 Å². The number of aliphatic hydroxyl groups is 1. The quantitative estimate of drug-likeness (QED) is 0.598. The van der Waals surface area contributed by atoms with E-state index >= 15 is 0 Å². The smallest absolute Gasteiger partial charge is 0.355 e. The summed E-state index contributed by atoms with van der Waals surface area (Å²) in [6, 6.07) is 16.9. The molecule has 3 aromatic rings. The van der Waals surface area contributed by atoms with Crippen molar-refractivity contribution in [3.63, 3.8) is 0 Å². The van der Waals surface area contributed by atoms with Crippen LogP contribution in [0, 0.1) is 5.92 Å². The number of hydrogen-bond donors (Lipinski definition) is 2. The molecule has 0 saturated carbocycles. The molecule has 2 N–H and O–H groups in total. The second kappa shape index (κ2) is 8.60. The van der Waals surface area contributed by atoms with Crippen LogP contribution in [0.15, 0.2) is 66.9 Å². The summed E-state index contributed by atoms with van der Waals surface area (Å²) in [6.07, 6.45) is 1.50. The number of nitrogens with one attached hydrogen (secondary N) is 1. The summed E-state index contributed by atoms with van der Waals surface area (Å²) in [6.45, 7) is 0.286. The lowest BCUT2D eigenvalue weighted by Crippen LogP contribution is -2.28. The second-order valence-electron chi connectivity index (χ2n) is 7.25. The van der Waals surface area contributed by atoms with Gasteiger partial charge in [-0.1, -0.05) is 36.4 Å². The van der Waals surface area contributed by atoms with Crippen LogP contribution in [-0.2, 0) is 16.4 Å². The molecule has 6 nitrogen and oxygen atoms in total. The van der Waals surface area contributed by atoms with Gasteiger partial charge in [-0.05, 0) is 36.2 Å². The van der Waals surface area contributed by atoms with Gasteiger partial charge in [0.25, 0.3) is 10.0 Å². The Bertz CT molecular complexity index is 1170. The summed E-state index contributed by atoms with van der Waals surface area (Å²) in [7, 11) is -4.81. The first-order chi connectivity index (χ1) is 14.8. The van der Waals surface area contributed by atoms with Crippen molar-refractivity contribution in [3.05, 3.63) is 78.1 Å². The van der Waals surface area contributed by atoms with Crippen molar-refractivity contribution >= 4 is 15.7 Å². The molecule has 162 valence electrons. The van der Waals surface area contributed by atoms with E-state index in [2.05, 4.69) is 4.98 Å². The number of para-hydroxylation sites is 1. The first kappa shape index (κ1) is 21.2. The summed E-state index contributed by atoms with van der Waals surface area (Å²) in [5, 5.41) is 10.8. The minimum atomic E-state index is -4.81. The Morgan fingerprint density at radius 1 is 1.13 bits per heavy atom. The number of aromatic nitrogens is 1. The number of sulfonamides is 1. The van der Waals surface area contributed by atoms with Crippen molar-refractivity contribution in [1.29, 1.82) is 0 Å². The van der Waals surface area contributed by atoms with Crippen LogP contribution >= 0.6 is 0 Å². The number of anilines is 1. The largest absolute Gasteiger partial charge is 0.493 e. The van der Waals surface area contributed by atoms with E-state index in [1.54, 1.807) is 42.6 Å². The van der Waals surface area contributed by atoms with Crippen LogP contribution in [0.1, 0.15) is 17.4 Å². The molecule has 9 heteroatoms. The molecule has 1 aromatic heterocycles. The number of nitrogens with zero attached hydrogens (tertiary/aromatic N) is 1. The first-order valence-corrected chi connectivity index (χ1v) is 11.1. The summed E-state index contributed by atoms with van der Waals surface area (Å²) in [5.41, 5.74) is 2.49. The van der Waals surface area contributed by atoms with Crippen LogP contribution in [0.2, 0.25) is 0 Å². The van der Waals surface area contributed by atoms with E-state index < -0.39 is 21.9 Å². The molecule has 1 aliphatic rings. The predicted octanol–water partition coefficient (Wildman–Crippen LogP) is 4.00. The molecule has 0 fully saturated rings. The average Bonchev–Trinajstić information content (AvgIpc) is 2.76. The van der Waals surface area contributed by atoms with Gasteiger partial charge in [-0.2, -0.15) is 8.78 Å². The molecule has 2 heterocycles. The van der Waals surface area contributed by atoms with Gasteiger partial charge < -0.3 is 9.84 Å². The van der Waals surface area contributed by atoms with Gasteiger partial charge in [-0.3, -0.25) is 9.71 Å². The van der Waals surface area contributed by atoms with Crippen molar-refractivity contribution in [3.8, 4) is 16.9 Å². The lowest BCUT2D eigenvalue weighted by atomic mass is 9.88. The highest BCUT2D eigenvalue weighted by molar-refractivity contribution is 7.93. The van der Waals surface area contributed by atoms with E-state index in [1.165, 1.54) is 6.07 Å². The Balaban J connectivity index is 1.61. The molecule has 0 bridgehead atoms. The van der Waals surface area contributed by atoms with Gasteiger partial charge in [0, 0.05) is 28.9 Å². The first-order valence-electron chi connectivity index (χ1n) is 9.59. The van der Waals surface area contributed by atoms with Gasteiger partial charge in [0.05, 0.1) is 18.4 Å². The number of halogens is 2. The topological polar surface area (TPSA) is 88.5 Å². The molecule has 31 heavy (non-hydrogen) atoms. The minimum Gasteiger partial charge on any atom is -0.493 e. The number of alkyl halides is 2. The maximum absolute atomic E-state index is 12.8. The summed E-state index contributed by atoms with van der Waals surface area (Å²) in [5.74, 6) is -3.24. The van der Waals surface area contributed by atoms with E-state index in [0.717, 1.165) is 5.69 Å². The lowest BCUT2D eigenvalue weighted by molar-refractivity contribution is 0.0503. The van der Waals surface area contributed by atoms with E-state index in [-0.39, 0.29) is 18.2 Å². The van der Waals surface area contributed by atoms with Gasteiger partial charge in [0.15, 0.2) is 0 Å². The molecule has 1 aliphatic heterocycles. The fourth-order valence-corrected chi connectivity index (χ4v) is 4.17. The Kier molecular flexibility index (Phi) is 5.88. The Hall–Kier alpha value is -3.04. The standard InChI is InChI=1S/C22H20F2N2O4S/c23-22(24)31(28,29)26-19-7-2-1-6-17(19)14-8-9-18-20(12-14)30-13-15(21(18)27)11-16-5-3-4-10-25-16/h1-10,12,15,21-22,26-27H,11,13H2. The van der Waals surface area contributed by atoms with Gasteiger partial charge >= 0.3 is 5.76 Å². The predicted molar refractivity (Wildman–Crippen MR) is 112 cm³/mol. The maximum atomic E-state index is 12.8. The van der Waals surface area contributed by atoms with E-state index in [1.807, 2.05) is 22.9 Å². The van der Waals surface area contributed by atoms with Crippen molar-refractivity contribution < 1.29 is 27.0 Å². The third kappa shape index (κ3) is 4.52. The van der Waals surface area contributed by atoms with Crippen LogP contribution in [0.25, 0.3) is 11.1 Å². The molecule has 0 amide bonds. The molecule has 0 aliphatic carbocycles. The maximum Gasteiger partial charge on any atom is 0.355 e. The van der Waals surface area contributed by atoms with Crippen molar-refractivity contribution in [2.75, 3.05) is 11.3 Å². The normalized spacial score (nSPS) is 18.3. The highest BCUT2D eigenvalue weighted by atomic mass is 32.2. The number of pyridine rings is 1. The van der Waals surface area contributed by atoms with Gasteiger partial charge in [0.2, 0.25) is 0 Å². The number of hydrogen-bond acceptors (Lipinski definition) is 5. The Morgan fingerprint density at radius 3 is 2.65 bits per heavy atom. The molecule has 0 radical (unpaired) electrons. The zero-order valence-electron chi connectivity index (χ0n) is 16.3. The van der Waals surface area contributed by atoms with Crippen LogP contribution < -0.4 is 9.46 Å². The molecule has 4 rings (SSSR count). The number of benzene rings is 2. The van der Waals surface area contributed by atoms with Crippen molar-refractivity contribution in [2.45, 2.75) is 18.3 Å². The molecule has 0 spiro atoms. The fraction of sp³-hybridized carbons (Fsp3) is 0.227. The molecule has 2 aromatic carbocycles. The number of ether oxygens (including phenoxy) is 1. The van der Waals surface area contributed by atoms with E-state index in [9.17, 15) is 22.3 Å². The average molecular weight is 446 g/mol. The fourth-order valence-electron chi connectivity index (χ4n) is 3.59. The zero-order valence-corrected chi connectivity index (χ0v) is 17.1. The van der Waals surface area contributed by atoms with Crippen LogP contribution in [0.3, 0.4) is 0 Å². The van der Waals surface area contributed by atoms with Gasteiger partial charge in [-0.25, -0.2) is 8.42 Å². The molecule has 2 unspecified atom stereocenters. The molecular formula is C22H20F2N2O4S. The Morgan fingerprint density at radius 2 is 1.90 bits per heavy atom. The van der Waals surface area contributed by atoms with Crippen LogP contribution in [0.4, 0.5) is 14.5 Å². The van der Waals surface area contributed by atoms with Crippen LogP contribution in [-0.4, -0.2) is 30.9 Å². The zero-order chi connectivity index (χ0) is 22.0. The van der Waals surface area contributed by atoms with Gasteiger partial charge in [0.1, 0.15) is 5.75 Å². The van der Waals surface area contributed by atoms with E-state index in [0.29, 0.717) is 28.9 Å². The summed E-state index contributed by atoms with van der Waals surface area (Å²) >= 11 is 0. The second-order valence-corrected chi connectivity index (χ2v) is 8.90. The number of rotatable bonds is 6. The molecule has 0 saturated heterocycles. The van der Waals surface area contributed by atoms with Crippen LogP contribution in [0.5, 0.6) is 5.75 Å². The highest BCUT2D eigenvalue weighted by Crippen LogP contribution is 2.40. The molecule has 2 atom stereocenters. The SMILES string of the molecule is O=S(=O)(Nc1ccccc1-c1ccc2c(c1)OCC(Cc1ccccn1)C2O)C(F)F. The van der Waals surface area contributed by atoms with E-state index in [4.69, 9.17) is 4.74 Å². The third-order valence-electron chi connectivity index (χ3n) is 5.15. The lowest BCUT2D eigenvalue weighted by Gasteiger charge is -2.30. The Labute approximate surface area is 178 Å². The molecular weight excluding hydrogens is 426 g/mol. The summed E-state index contributed by atoms with van der Waals surface area (Å²) in [4.78, 5) is 4.29. The van der Waals surface area contributed by atoms with Gasteiger partial charge in [-0.15, -0.1) is 0 Å². The third-order valence-corrected chi connectivity index (χ3v) is 6.13. The monoisotopic (exact) mass is 446 g/mol.